The van der Waals surface area contributed by atoms with Crippen LogP contribution in [0.5, 0.6) is 0 Å². The molecular formula is C27H29N3O2. The Bertz CT molecular complexity index is 1130. The van der Waals surface area contributed by atoms with Crippen LogP contribution in [-0.2, 0) is 17.9 Å². The Balaban J connectivity index is 1.38. The third kappa shape index (κ3) is 3.83. The molecule has 2 amide bonds. The van der Waals surface area contributed by atoms with Crippen molar-refractivity contribution < 1.29 is 9.59 Å². The van der Waals surface area contributed by atoms with E-state index in [1.54, 1.807) is 4.90 Å². The maximum absolute atomic E-state index is 13.5. The van der Waals surface area contributed by atoms with E-state index < -0.39 is 0 Å². The van der Waals surface area contributed by atoms with Crippen molar-refractivity contribution >= 4 is 23.2 Å². The Morgan fingerprint density at radius 2 is 1.62 bits per heavy atom. The van der Waals surface area contributed by atoms with E-state index in [0.29, 0.717) is 12.1 Å². The molecule has 1 fully saturated rings. The van der Waals surface area contributed by atoms with Crippen molar-refractivity contribution in [1.82, 2.24) is 4.57 Å². The lowest BCUT2D eigenvalue weighted by atomic mass is 9.88. The Morgan fingerprint density at radius 1 is 0.875 bits per heavy atom. The van der Waals surface area contributed by atoms with Gasteiger partial charge in [0, 0.05) is 48.3 Å². The van der Waals surface area contributed by atoms with Crippen LogP contribution in [0.25, 0.3) is 0 Å². The van der Waals surface area contributed by atoms with Crippen LogP contribution in [0.3, 0.4) is 0 Å². The number of hydrogen-bond donors (Lipinski definition) is 0. The first-order valence-electron chi connectivity index (χ1n) is 11.5. The summed E-state index contributed by atoms with van der Waals surface area (Å²) in [6, 6.07) is 19.7. The minimum absolute atomic E-state index is 0.0279. The van der Waals surface area contributed by atoms with Crippen molar-refractivity contribution in [3.63, 3.8) is 0 Å². The molecule has 0 bridgehead atoms. The smallest absolute Gasteiger partial charge is 0.258 e. The van der Waals surface area contributed by atoms with Gasteiger partial charge in [0.1, 0.15) is 0 Å². The zero-order chi connectivity index (χ0) is 22.1. The maximum Gasteiger partial charge on any atom is 0.258 e. The third-order valence-electron chi connectivity index (χ3n) is 6.90. The second kappa shape index (κ2) is 8.65. The van der Waals surface area contributed by atoms with Crippen molar-refractivity contribution in [2.24, 2.45) is 5.92 Å². The molecule has 5 rings (SSSR count). The molecule has 0 spiro atoms. The largest absolute Gasteiger partial charge is 0.345 e. The molecule has 2 heterocycles. The van der Waals surface area contributed by atoms with Gasteiger partial charge in [-0.1, -0.05) is 37.5 Å². The molecule has 5 heteroatoms. The number of anilines is 2. The van der Waals surface area contributed by atoms with Gasteiger partial charge in [-0.15, -0.1) is 0 Å². The van der Waals surface area contributed by atoms with Crippen LogP contribution in [0, 0.1) is 5.92 Å². The number of rotatable bonds is 3. The fourth-order valence-electron chi connectivity index (χ4n) is 5.00. The molecule has 3 aromatic rings. The zero-order valence-electron chi connectivity index (χ0n) is 18.5. The van der Waals surface area contributed by atoms with Crippen molar-refractivity contribution in [3.8, 4) is 0 Å². The van der Waals surface area contributed by atoms with Gasteiger partial charge >= 0.3 is 0 Å². The highest BCUT2D eigenvalue weighted by atomic mass is 16.2. The van der Waals surface area contributed by atoms with E-state index in [-0.39, 0.29) is 17.7 Å². The van der Waals surface area contributed by atoms with Crippen LogP contribution in [0.1, 0.15) is 53.7 Å². The van der Waals surface area contributed by atoms with Gasteiger partial charge < -0.3 is 14.4 Å². The van der Waals surface area contributed by atoms with Gasteiger partial charge in [0.25, 0.3) is 5.91 Å². The average molecular weight is 428 g/mol. The van der Waals surface area contributed by atoms with Crippen molar-refractivity contribution in [2.75, 3.05) is 16.8 Å². The Kier molecular flexibility index (Phi) is 5.56. The van der Waals surface area contributed by atoms with Crippen LogP contribution in [-0.4, -0.2) is 23.4 Å². The minimum Gasteiger partial charge on any atom is -0.345 e. The first kappa shape index (κ1) is 20.6. The van der Waals surface area contributed by atoms with Crippen LogP contribution in [0.2, 0.25) is 0 Å². The molecule has 2 aromatic carbocycles. The SMILES string of the molecule is CN(C(=O)C1CCCCC1)c1ccc(C(=O)N2Cc3cccn3Cc3ccccc32)cc1. The van der Waals surface area contributed by atoms with Crippen LogP contribution in [0.15, 0.2) is 66.9 Å². The van der Waals surface area contributed by atoms with Crippen LogP contribution in [0.4, 0.5) is 11.4 Å². The lowest BCUT2D eigenvalue weighted by molar-refractivity contribution is -0.123. The van der Waals surface area contributed by atoms with E-state index in [9.17, 15) is 9.59 Å². The number of fused-ring (bicyclic) bond motifs is 2. The average Bonchev–Trinajstić information content (AvgIpc) is 3.22. The summed E-state index contributed by atoms with van der Waals surface area (Å²) >= 11 is 0. The molecule has 5 nitrogen and oxygen atoms in total. The van der Waals surface area contributed by atoms with E-state index in [4.69, 9.17) is 0 Å². The van der Waals surface area contributed by atoms with Crippen LogP contribution >= 0.6 is 0 Å². The van der Waals surface area contributed by atoms with Gasteiger partial charge in [0.15, 0.2) is 0 Å². The lowest BCUT2D eigenvalue weighted by Gasteiger charge is -2.27. The maximum atomic E-state index is 13.5. The van der Waals surface area contributed by atoms with E-state index >= 15 is 0 Å². The Hall–Kier alpha value is -3.34. The molecule has 32 heavy (non-hydrogen) atoms. The molecule has 0 unspecified atom stereocenters. The predicted molar refractivity (Wildman–Crippen MR) is 127 cm³/mol. The highest BCUT2D eigenvalue weighted by Gasteiger charge is 2.26. The van der Waals surface area contributed by atoms with Crippen LogP contribution < -0.4 is 9.80 Å². The molecule has 2 aliphatic rings. The molecule has 0 atom stereocenters. The summed E-state index contributed by atoms with van der Waals surface area (Å²) in [6.07, 6.45) is 7.53. The van der Waals surface area contributed by atoms with E-state index in [0.717, 1.165) is 54.9 Å². The summed E-state index contributed by atoms with van der Waals surface area (Å²) in [4.78, 5) is 30.0. The molecule has 1 aromatic heterocycles. The predicted octanol–water partition coefficient (Wildman–Crippen LogP) is 5.24. The van der Waals surface area contributed by atoms with Gasteiger partial charge in [-0.05, 0) is 60.9 Å². The molecule has 0 saturated heterocycles. The summed E-state index contributed by atoms with van der Waals surface area (Å²) in [5, 5.41) is 0. The first-order chi connectivity index (χ1) is 15.6. The van der Waals surface area contributed by atoms with Crippen molar-refractivity contribution in [1.29, 1.82) is 0 Å². The fourth-order valence-corrected chi connectivity index (χ4v) is 5.00. The number of para-hydroxylation sites is 1. The van der Waals surface area contributed by atoms with E-state index in [2.05, 4.69) is 22.9 Å². The second-order valence-electron chi connectivity index (χ2n) is 8.93. The standard InChI is InChI=1S/C27H29N3O2/c1-28(26(31)20-8-3-2-4-9-20)23-15-13-21(14-16-23)27(32)30-19-24-11-7-17-29(24)18-22-10-5-6-12-25(22)30/h5-7,10-17,20H,2-4,8-9,18-19H2,1H3. The summed E-state index contributed by atoms with van der Waals surface area (Å²) < 4.78 is 2.20. The highest BCUT2D eigenvalue weighted by molar-refractivity contribution is 6.07. The second-order valence-corrected chi connectivity index (χ2v) is 8.93. The van der Waals surface area contributed by atoms with Gasteiger partial charge in [-0.3, -0.25) is 9.59 Å². The van der Waals surface area contributed by atoms with E-state index in [1.165, 1.54) is 6.42 Å². The number of hydrogen-bond acceptors (Lipinski definition) is 2. The molecule has 1 aliphatic heterocycles. The molecule has 164 valence electrons. The Labute approximate surface area is 189 Å². The first-order valence-corrected chi connectivity index (χ1v) is 11.5. The van der Waals surface area contributed by atoms with E-state index in [1.807, 2.05) is 60.5 Å². The van der Waals surface area contributed by atoms with Gasteiger partial charge in [-0.25, -0.2) is 0 Å². The summed E-state index contributed by atoms with van der Waals surface area (Å²) in [5.74, 6) is 0.283. The number of nitrogens with zero attached hydrogens (tertiary/aromatic N) is 3. The quantitative estimate of drug-likeness (QED) is 0.574. The number of aromatic nitrogens is 1. The Morgan fingerprint density at radius 3 is 2.41 bits per heavy atom. The zero-order valence-corrected chi connectivity index (χ0v) is 18.5. The number of benzene rings is 2. The molecule has 1 aliphatic carbocycles. The summed E-state index contributed by atoms with van der Waals surface area (Å²) in [6.45, 7) is 1.29. The van der Waals surface area contributed by atoms with Gasteiger partial charge in [-0.2, -0.15) is 0 Å². The molecular weight excluding hydrogens is 398 g/mol. The summed E-state index contributed by atoms with van der Waals surface area (Å²) in [7, 11) is 1.84. The van der Waals surface area contributed by atoms with Gasteiger partial charge in [0.2, 0.25) is 5.91 Å². The molecule has 0 radical (unpaired) electrons. The normalized spacial score (nSPS) is 16.1. The number of carbonyl (C=O) groups is 2. The monoisotopic (exact) mass is 427 g/mol. The topological polar surface area (TPSA) is 45.6 Å². The highest BCUT2D eigenvalue weighted by Crippen LogP contribution is 2.30. The van der Waals surface area contributed by atoms with Crippen molar-refractivity contribution in [2.45, 2.75) is 45.2 Å². The van der Waals surface area contributed by atoms with Crippen molar-refractivity contribution in [3.05, 3.63) is 83.7 Å². The summed E-state index contributed by atoms with van der Waals surface area (Å²) in [5.41, 5.74) is 4.66. The molecule has 0 N–H and O–H groups in total. The molecule has 1 saturated carbocycles. The third-order valence-corrected chi connectivity index (χ3v) is 6.90. The minimum atomic E-state index is -0.0279. The fraction of sp³-hybridized carbons (Fsp3) is 0.333. The number of amides is 2. The lowest BCUT2D eigenvalue weighted by Crippen LogP contribution is -2.34. The van der Waals surface area contributed by atoms with Gasteiger partial charge in [0.05, 0.1) is 6.54 Å². The number of carbonyl (C=O) groups excluding carboxylic acids is 2.